The molecule has 0 amide bonds. The highest BCUT2D eigenvalue weighted by Crippen LogP contribution is 2.42. The molecule has 2 aromatic heterocycles. The second-order valence-corrected chi connectivity index (χ2v) is 10.0. The van der Waals surface area contributed by atoms with Gasteiger partial charge >= 0.3 is 0 Å². The van der Waals surface area contributed by atoms with E-state index in [9.17, 15) is 0 Å². The van der Waals surface area contributed by atoms with E-state index in [1.165, 1.54) is 11.3 Å². The molecule has 10 heteroatoms. The number of thiazole rings is 1. The predicted molar refractivity (Wildman–Crippen MR) is 134 cm³/mol. The first-order valence-electron chi connectivity index (χ1n) is 11.1. The van der Waals surface area contributed by atoms with Gasteiger partial charge in [-0.05, 0) is 25.5 Å². The fraction of sp³-hybridized carbons (Fsp3) is 0.348. The van der Waals surface area contributed by atoms with Gasteiger partial charge < -0.3 is 20.9 Å². The Balaban J connectivity index is 1.61. The molecule has 4 heterocycles. The second kappa shape index (κ2) is 7.93. The van der Waals surface area contributed by atoms with Gasteiger partial charge in [-0.1, -0.05) is 35.1 Å². The molecule has 2 saturated heterocycles. The topological polar surface area (TPSA) is 83.2 Å². The van der Waals surface area contributed by atoms with Gasteiger partial charge in [0.05, 0.1) is 15.2 Å². The average molecular weight is 484 g/mol. The molecule has 170 valence electrons. The van der Waals surface area contributed by atoms with Crippen molar-refractivity contribution < 1.29 is 4.39 Å². The van der Waals surface area contributed by atoms with Crippen LogP contribution in [0.4, 0.5) is 21.3 Å². The van der Waals surface area contributed by atoms with Gasteiger partial charge in [0.15, 0.2) is 10.9 Å². The summed E-state index contributed by atoms with van der Waals surface area (Å²) in [4.78, 5) is 18.4. The van der Waals surface area contributed by atoms with Crippen molar-refractivity contribution in [2.24, 2.45) is 0 Å². The lowest BCUT2D eigenvalue weighted by molar-refractivity contribution is 0.470. The summed E-state index contributed by atoms with van der Waals surface area (Å²) in [6, 6.07) is 7.75. The fourth-order valence-electron chi connectivity index (χ4n) is 4.64. The van der Waals surface area contributed by atoms with Gasteiger partial charge in [0.25, 0.3) is 0 Å². The number of anilines is 3. The van der Waals surface area contributed by atoms with Crippen LogP contribution in [0.15, 0.2) is 24.3 Å². The molecule has 0 aliphatic carbocycles. The highest BCUT2D eigenvalue weighted by Gasteiger charge is 2.30. The smallest absolute Gasteiger partial charge is 0.228 e. The summed E-state index contributed by atoms with van der Waals surface area (Å²) in [5.41, 5.74) is 7.78. The molecule has 2 aromatic carbocycles. The van der Waals surface area contributed by atoms with E-state index in [2.05, 4.69) is 27.0 Å². The number of nitrogens with two attached hydrogens (primary N) is 1. The van der Waals surface area contributed by atoms with E-state index in [1.807, 2.05) is 18.2 Å². The number of hydrogen-bond donors (Lipinski definition) is 2. The number of rotatable bonds is 3. The van der Waals surface area contributed by atoms with Crippen LogP contribution in [0.25, 0.3) is 32.2 Å². The Morgan fingerprint density at radius 3 is 2.70 bits per heavy atom. The molecule has 0 bridgehead atoms. The highest BCUT2D eigenvalue weighted by molar-refractivity contribution is 7.22. The van der Waals surface area contributed by atoms with E-state index in [-0.39, 0.29) is 5.52 Å². The maximum atomic E-state index is 16.3. The van der Waals surface area contributed by atoms with Crippen LogP contribution in [0.1, 0.15) is 13.3 Å². The third-order valence-corrected chi connectivity index (χ3v) is 7.70. The number of nitrogen functional groups attached to an aromatic ring is 1. The van der Waals surface area contributed by atoms with E-state index in [1.54, 1.807) is 6.07 Å². The van der Waals surface area contributed by atoms with Crippen molar-refractivity contribution in [2.75, 3.05) is 48.3 Å². The van der Waals surface area contributed by atoms with Crippen LogP contribution in [0.5, 0.6) is 0 Å². The molecule has 2 aliphatic heterocycles. The predicted octanol–water partition coefficient (Wildman–Crippen LogP) is 4.29. The fourth-order valence-corrected chi connectivity index (χ4v) is 5.70. The van der Waals surface area contributed by atoms with Crippen molar-refractivity contribution in [1.29, 1.82) is 0 Å². The first-order chi connectivity index (χ1) is 16.0. The van der Waals surface area contributed by atoms with E-state index in [0.29, 0.717) is 44.2 Å². The molecule has 7 nitrogen and oxygen atoms in total. The third kappa shape index (κ3) is 3.37. The maximum Gasteiger partial charge on any atom is 0.228 e. The zero-order valence-electron chi connectivity index (χ0n) is 18.1. The monoisotopic (exact) mass is 483 g/mol. The maximum absolute atomic E-state index is 16.3. The first kappa shape index (κ1) is 20.8. The zero-order valence-corrected chi connectivity index (χ0v) is 19.7. The number of hydrogen-bond acceptors (Lipinski definition) is 8. The van der Waals surface area contributed by atoms with Gasteiger partial charge in [0, 0.05) is 55.3 Å². The first-order valence-corrected chi connectivity index (χ1v) is 12.3. The summed E-state index contributed by atoms with van der Waals surface area (Å²) in [6.45, 7) is 6.29. The van der Waals surface area contributed by atoms with E-state index >= 15 is 4.39 Å². The van der Waals surface area contributed by atoms with Crippen LogP contribution < -0.4 is 20.9 Å². The third-order valence-electron chi connectivity index (χ3n) is 6.55. The van der Waals surface area contributed by atoms with Gasteiger partial charge in [-0.3, -0.25) is 0 Å². The van der Waals surface area contributed by atoms with Crippen LogP contribution in [-0.2, 0) is 0 Å². The Bertz CT molecular complexity index is 1380. The molecule has 2 aliphatic rings. The van der Waals surface area contributed by atoms with Crippen LogP contribution in [-0.4, -0.2) is 53.7 Å². The minimum Gasteiger partial charge on any atom is -0.375 e. The zero-order chi connectivity index (χ0) is 22.7. The number of para-hydroxylation sites is 1. The lowest BCUT2D eigenvalue weighted by Crippen LogP contribution is -2.47. The molecule has 0 spiro atoms. The van der Waals surface area contributed by atoms with Crippen molar-refractivity contribution in [3.05, 3.63) is 35.1 Å². The van der Waals surface area contributed by atoms with Gasteiger partial charge in [0.1, 0.15) is 11.3 Å². The normalized spacial score (nSPS) is 18.8. The summed E-state index contributed by atoms with van der Waals surface area (Å²) in [6.07, 6.45) is 1.08. The molecule has 3 N–H and O–H groups in total. The van der Waals surface area contributed by atoms with Gasteiger partial charge in [-0.2, -0.15) is 4.98 Å². The summed E-state index contributed by atoms with van der Waals surface area (Å²) < 4.78 is 17.2. The standard InChI is InChI=1S/C23H23ClFN7S/c1-12-5-8-32(12)23-29-20-14(21(30-23)31-9-6-27-7-10-31)11-15(24)17(18(20)25)13-3-2-4-16-19(13)28-22(26)33-16/h2-4,11-12,27H,5-10H2,1H3,(H2,26,28)/t12-/m1/s1. The number of nitrogens with one attached hydrogen (secondary N) is 1. The molecule has 2 fully saturated rings. The van der Waals surface area contributed by atoms with Gasteiger partial charge in [-0.15, -0.1) is 0 Å². The van der Waals surface area contributed by atoms with Gasteiger partial charge in [-0.25, -0.2) is 14.4 Å². The Hall–Kier alpha value is -2.75. The van der Waals surface area contributed by atoms with Crippen LogP contribution in [0.3, 0.4) is 0 Å². The number of benzene rings is 2. The molecule has 0 unspecified atom stereocenters. The van der Waals surface area contributed by atoms with Crippen LogP contribution in [0, 0.1) is 5.82 Å². The Morgan fingerprint density at radius 2 is 1.97 bits per heavy atom. The van der Waals surface area contributed by atoms with Crippen molar-refractivity contribution in [3.8, 4) is 11.1 Å². The number of fused-ring (bicyclic) bond motifs is 2. The molecule has 4 aromatic rings. The Morgan fingerprint density at radius 1 is 1.15 bits per heavy atom. The summed E-state index contributed by atoms with van der Waals surface area (Å²) >= 11 is 8.10. The number of nitrogens with zero attached hydrogens (tertiary/aromatic N) is 5. The Labute approximate surface area is 199 Å². The second-order valence-electron chi connectivity index (χ2n) is 8.56. The minimum absolute atomic E-state index is 0.284. The van der Waals surface area contributed by atoms with Crippen LogP contribution in [0.2, 0.25) is 5.02 Å². The number of halogens is 2. The number of piperazine rings is 1. The minimum atomic E-state index is -0.454. The molecule has 1 atom stereocenters. The summed E-state index contributed by atoms with van der Waals surface area (Å²) in [5, 5.41) is 4.74. The van der Waals surface area contributed by atoms with E-state index in [0.717, 1.165) is 49.7 Å². The molecule has 0 radical (unpaired) electrons. The largest absolute Gasteiger partial charge is 0.375 e. The average Bonchev–Trinajstić information content (AvgIpc) is 3.19. The quantitative estimate of drug-likeness (QED) is 0.449. The molecular formula is C23H23ClFN7S. The lowest BCUT2D eigenvalue weighted by Gasteiger charge is -2.39. The van der Waals surface area contributed by atoms with E-state index < -0.39 is 5.82 Å². The van der Waals surface area contributed by atoms with Gasteiger partial charge in [0.2, 0.25) is 5.95 Å². The molecule has 0 saturated carbocycles. The van der Waals surface area contributed by atoms with Crippen molar-refractivity contribution in [3.63, 3.8) is 0 Å². The Kier molecular flexibility index (Phi) is 5.01. The van der Waals surface area contributed by atoms with Crippen molar-refractivity contribution >= 4 is 61.0 Å². The van der Waals surface area contributed by atoms with E-state index in [4.69, 9.17) is 27.3 Å². The molecule has 33 heavy (non-hydrogen) atoms. The SMILES string of the molecule is C[C@@H]1CCN1c1nc(N2CCNCC2)c2cc(Cl)c(-c3cccc4sc(N)nc34)c(F)c2n1. The number of aromatic nitrogens is 3. The van der Waals surface area contributed by atoms with Crippen LogP contribution >= 0.6 is 22.9 Å². The lowest BCUT2D eigenvalue weighted by atomic mass is 10.0. The molecule has 6 rings (SSSR count). The van der Waals surface area contributed by atoms with Crippen molar-refractivity contribution in [2.45, 2.75) is 19.4 Å². The molecular weight excluding hydrogens is 461 g/mol. The van der Waals surface area contributed by atoms with Crippen molar-refractivity contribution in [1.82, 2.24) is 20.3 Å². The summed E-state index contributed by atoms with van der Waals surface area (Å²) in [7, 11) is 0. The highest BCUT2D eigenvalue weighted by atomic mass is 35.5. The summed E-state index contributed by atoms with van der Waals surface area (Å²) in [5.74, 6) is 0.849.